The average Bonchev–Trinajstić information content (AvgIpc) is 3.33. The van der Waals surface area contributed by atoms with Crippen LogP contribution in [0.5, 0.6) is 6.01 Å². The number of methoxy groups -OCH3 is 1. The summed E-state index contributed by atoms with van der Waals surface area (Å²) in [7, 11) is 1.49. The summed E-state index contributed by atoms with van der Waals surface area (Å²) < 4.78 is 20.4. The lowest BCUT2D eigenvalue weighted by Crippen LogP contribution is -2.47. The molecule has 1 aliphatic carbocycles. The van der Waals surface area contributed by atoms with E-state index in [0.29, 0.717) is 22.9 Å². The molecule has 1 N–H and O–H groups in total. The molecule has 0 radical (unpaired) electrons. The minimum atomic E-state index is -0.720. The molecule has 13 heteroatoms. The van der Waals surface area contributed by atoms with E-state index in [1.54, 1.807) is 30.3 Å². The fourth-order valence-corrected chi connectivity index (χ4v) is 6.06. The van der Waals surface area contributed by atoms with Crippen LogP contribution >= 0.6 is 15.9 Å². The van der Waals surface area contributed by atoms with E-state index < -0.39 is 11.9 Å². The van der Waals surface area contributed by atoms with Gasteiger partial charge in [0.15, 0.2) is 11.6 Å². The number of aromatic nitrogens is 5. The molecule has 1 saturated heterocycles. The molecule has 0 spiro atoms. The van der Waals surface area contributed by atoms with E-state index in [1.807, 2.05) is 12.1 Å². The molecule has 4 aromatic rings. The van der Waals surface area contributed by atoms with Crippen LogP contribution in [0.4, 0.5) is 10.2 Å². The average molecular weight is 636 g/mol. The second-order valence-corrected chi connectivity index (χ2v) is 11.8. The Hall–Kier alpha value is -4.26. The number of rotatable bonds is 7. The van der Waals surface area contributed by atoms with Gasteiger partial charge in [-0.15, -0.1) is 0 Å². The van der Waals surface area contributed by atoms with Crippen molar-refractivity contribution in [3.8, 4) is 17.1 Å². The number of piperidine rings is 1. The van der Waals surface area contributed by atoms with Gasteiger partial charge in [-0.25, -0.2) is 19.3 Å². The summed E-state index contributed by atoms with van der Waals surface area (Å²) in [6, 6.07) is 6.20. The zero-order valence-electron chi connectivity index (χ0n) is 23.3. The first-order chi connectivity index (χ1) is 20.0. The van der Waals surface area contributed by atoms with Crippen LogP contribution in [0.25, 0.3) is 22.0 Å². The topological polar surface area (TPSA) is 132 Å². The van der Waals surface area contributed by atoms with Crippen molar-refractivity contribution in [2.24, 2.45) is 5.41 Å². The second kappa shape index (κ2) is 10.2. The lowest BCUT2D eigenvalue weighted by Gasteiger charge is -2.27. The Morgan fingerprint density at radius 2 is 1.90 bits per heavy atom. The van der Waals surface area contributed by atoms with Gasteiger partial charge in [-0.05, 0) is 70.4 Å². The van der Waals surface area contributed by atoms with Crippen molar-refractivity contribution >= 4 is 50.2 Å². The van der Waals surface area contributed by atoms with Gasteiger partial charge >= 0.3 is 6.01 Å². The standard InChI is InChI=1S/C29H27BrFN7O4/c1-14-7-19(31)25(30)34-26(14)35-27(41)21-9-29(3)10-22(29)38(21)23(40)13-37-20-6-5-16(8-18(20)24(36-37)15(2)39)17-11-32-28(42-4)33-12-17/h5-8,11-12,21-22H,9-10,13H2,1-4H3,(H,34,35,41)/t21-,22+,29-/m0/s1. The maximum Gasteiger partial charge on any atom is 0.316 e. The number of halogens is 2. The third kappa shape index (κ3) is 4.81. The highest BCUT2D eigenvalue weighted by Gasteiger charge is 2.64. The van der Waals surface area contributed by atoms with Gasteiger partial charge in [0, 0.05) is 36.3 Å². The predicted molar refractivity (Wildman–Crippen MR) is 154 cm³/mol. The Kier molecular flexibility index (Phi) is 6.79. The fourth-order valence-electron chi connectivity index (χ4n) is 5.76. The van der Waals surface area contributed by atoms with Gasteiger partial charge < -0.3 is 15.0 Å². The highest BCUT2D eigenvalue weighted by atomic mass is 79.9. The molecule has 0 bridgehead atoms. The second-order valence-electron chi connectivity index (χ2n) is 11.1. The van der Waals surface area contributed by atoms with Crippen LogP contribution in [0.2, 0.25) is 0 Å². The molecule has 4 heterocycles. The van der Waals surface area contributed by atoms with Crippen molar-refractivity contribution in [1.82, 2.24) is 29.6 Å². The van der Waals surface area contributed by atoms with E-state index in [-0.39, 0.29) is 57.7 Å². The van der Waals surface area contributed by atoms with Gasteiger partial charge in [-0.2, -0.15) is 5.10 Å². The molecule has 3 atom stereocenters. The van der Waals surface area contributed by atoms with Crippen molar-refractivity contribution in [2.45, 2.75) is 52.2 Å². The monoisotopic (exact) mass is 635 g/mol. The van der Waals surface area contributed by atoms with Crippen molar-refractivity contribution in [3.63, 3.8) is 0 Å². The van der Waals surface area contributed by atoms with E-state index in [4.69, 9.17) is 4.74 Å². The molecule has 1 aromatic carbocycles. The molecule has 42 heavy (non-hydrogen) atoms. The number of ketones is 1. The number of likely N-dealkylation sites (tertiary alicyclic amines) is 1. The third-order valence-corrected chi connectivity index (χ3v) is 8.66. The number of amides is 2. The molecule has 1 aliphatic heterocycles. The number of nitrogens with one attached hydrogen (secondary N) is 1. The zero-order valence-corrected chi connectivity index (χ0v) is 24.9. The SMILES string of the molecule is COc1ncc(-c2ccc3c(c2)c(C(C)=O)nn3CC(=O)N2[C@H](C(=O)Nc3nc(Br)c(F)cc3C)C[C@@]3(C)C[C@@H]23)cn1. The number of pyridine rings is 1. The van der Waals surface area contributed by atoms with Crippen LogP contribution in [0.1, 0.15) is 42.7 Å². The largest absolute Gasteiger partial charge is 0.467 e. The first-order valence-electron chi connectivity index (χ1n) is 13.3. The first kappa shape index (κ1) is 27.9. The molecule has 6 rings (SSSR count). The molecule has 3 aromatic heterocycles. The van der Waals surface area contributed by atoms with Gasteiger partial charge in [0.05, 0.1) is 12.6 Å². The maximum absolute atomic E-state index is 13.9. The smallest absolute Gasteiger partial charge is 0.316 e. The molecular weight excluding hydrogens is 609 g/mol. The molecule has 11 nitrogen and oxygen atoms in total. The van der Waals surface area contributed by atoms with E-state index in [1.165, 1.54) is 24.8 Å². The van der Waals surface area contributed by atoms with E-state index >= 15 is 0 Å². The number of hydrogen-bond acceptors (Lipinski definition) is 8. The summed E-state index contributed by atoms with van der Waals surface area (Å²) >= 11 is 3.06. The van der Waals surface area contributed by atoms with Crippen molar-refractivity contribution in [3.05, 3.63) is 58.3 Å². The van der Waals surface area contributed by atoms with Crippen LogP contribution in [-0.2, 0) is 16.1 Å². The number of fused-ring (bicyclic) bond motifs is 2. The lowest BCUT2D eigenvalue weighted by atomic mass is 10.0. The van der Waals surface area contributed by atoms with Crippen molar-refractivity contribution < 1.29 is 23.5 Å². The van der Waals surface area contributed by atoms with Gasteiger partial charge in [0.1, 0.15) is 28.7 Å². The summed E-state index contributed by atoms with van der Waals surface area (Å²) in [6.45, 7) is 4.99. The third-order valence-electron chi connectivity index (χ3n) is 8.10. The number of benzene rings is 1. The molecule has 0 unspecified atom stereocenters. The Labute approximate surface area is 248 Å². The van der Waals surface area contributed by atoms with Crippen molar-refractivity contribution in [1.29, 1.82) is 0 Å². The van der Waals surface area contributed by atoms with Gasteiger partial charge in [-0.3, -0.25) is 19.1 Å². The zero-order chi connectivity index (χ0) is 29.9. The normalized spacial score (nSPS) is 20.9. The number of carbonyl (C=O) groups excluding carboxylic acids is 3. The molecule has 1 saturated carbocycles. The Bertz CT molecular complexity index is 1780. The van der Waals surface area contributed by atoms with Crippen molar-refractivity contribution in [2.75, 3.05) is 12.4 Å². The van der Waals surface area contributed by atoms with Crippen LogP contribution in [0, 0.1) is 18.2 Å². The Balaban J connectivity index is 1.28. The van der Waals surface area contributed by atoms with E-state index in [0.717, 1.165) is 17.5 Å². The number of nitrogens with zero attached hydrogens (tertiary/aromatic N) is 6. The highest BCUT2D eigenvalue weighted by molar-refractivity contribution is 9.10. The molecule has 216 valence electrons. The number of aryl methyl sites for hydroxylation is 1. The summed E-state index contributed by atoms with van der Waals surface area (Å²) in [5.74, 6) is -1.20. The summed E-state index contributed by atoms with van der Waals surface area (Å²) in [6.07, 6.45) is 4.55. The quantitative estimate of drug-likeness (QED) is 0.234. The van der Waals surface area contributed by atoms with Crippen LogP contribution < -0.4 is 10.1 Å². The Morgan fingerprint density at radius 3 is 2.60 bits per heavy atom. The number of Topliss-reactive ketones (excluding diaryl/α,β-unsaturated/α-hetero) is 1. The van der Waals surface area contributed by atoms with Crippen LogP contribution in [0.15, 0.2) is 41.3 Å². The van der Waals surface area contributed by atoms with Crippen LogP contribution in [-0.4, -0.2) is 66.4 Å². The van der Waals surface area contributed by atoms with Gasteiger partial charge in [0.2, 0.25) is 11.8 Å². The predicted octanol–water partition coefficient (Wildman–Crippen LogP) is 4.33. The van der Waals surface area contributed by atoms with Crippen LogP contribution in [0.3, 0.4) is 0 Å². The molecule has 2 amide bonds. The number of hydrogen-bond donors (Lipinski definition) is 1. The number of anilines is 1. The molecular formula is C29H27BrFN7O4. The lowest BCUT2D eigenvalue weighted by molar-refractivity contribution is -0.138. The minimum absolute atomic E-state index is 0.00734. The molecule has 2 aliphatic rings. The number of ether oxygens (including phenoxy) is 1. The summed E-state index contributed by atoms with van der Waals surface area (Å²) in [5.41, 5.74) is 2.67. The first-order valence-corrected chi connectivity index (χ1v) is 14.1. The van der Waals surface area contributed by atoms with Gasteiger partial charge in [-0.1, -0.05) is 13.0 Å². The highest BCUT2D eigenvalue weighted by Crippen LogP contribution is 2.59. The summed E-state index contributed by atoms with van der Waals surface area (Å²) in [4.78, 5) is 53.8. The minimum Gasteiger partial charge on any atom is -0.467 e. The molecule has 2 fully saturated rings. The number of carbonyl (C=O) groups is 3. The van der Waals surface area contributed by atoms with Gasteiger partial charge in [0.25, 0.3) is 0 Å². The van der Waals surface area contributed by atoms with E-state index in [9.17, 15) is 18.8 Å². The fraction of sp³-hybridized carbons (Fsp3) is 0.345. The Morgan fingerprint density at radius 1 is 1.17 bits per heavy atom. The maximum atomic E-state index is 13.9. The summed E-state index contributed by atoms with van der Waals surface area (Å²) in [5, 5.41) is 7.88. The van der Waals surface area contributed by atoms with E-state index in [2.05, 4.69) is 48.2 Å².